The van der Waals surface area contributed by atoms with Crippen LogP contribution in [0.3, 0.4) is 0 Å². The van der Waals surface area contributed by atoms with Gasteiger partial charge < -0.3 is 15.2 Å². The molecule has 21 heavy (non-hydrogen) atoms. The number of rotatable bonds is 4. The Morgan fingerprint density at radius 2 is 1.76 bits per heavy atom. The summed E-state index contributed by atoms with van der Waals surface area (Å²) in [6.07, 6.45) is -6.18. The molecule has 0 saturated heterocycles. The van der Waals surface area contributed by atoms with Crippen LogP contribution in [0.2, 0.25) is 0 Å². The van der Waals surface area contributed by atoms with Gasteiger partial charge in [-0.25, -0.2) is 4.79 Å². The average Bonchev–Trinajstić information content (AvgIpc) is 2.44. The Kier molecular flexibility index (Phi) is 5.31. The Hall–Kier alpha value is -2.09. The number of hydrogen-bond acceptors (Lipinski definition) is 4. The molecule has 0 unspecified atom stereocenters. The van der Waals surface area contributed by atoms with Gasteiger partial charge in [0.05, 0.1) is 12.7 Å². The fourth-order valence-electron chi connectivity index (χ4n) is 1.53. The third kappa shape index (κ3) is 4.45. The van der Waals surface area contributed by atoms with Gasteiger partial charge >= 0.3 is 12.1 Å². The number of alkyl halides is 3. The van der Waals surface area contributed by atoms with Crippen molar-refractivity contribution in [3.05, 3.63) is 35.4 Å². The van der Waals surface area contributed by atoms with Crippen molar-refractivity contribution in [3.8, 4) is 0 Å². The predicted molar refractivity (Wildman–Crippen MR) is 66.0 cm³/mol. The van der Waals surface area contributed by atoms with Crippen molar-refractivity contribution in [1.29, 1.82) is 0 Å². The Morgan fingerprint density at radius 1 is 1.24 bits per heavy atom. The van der Waals surface area contributed by atoms with Crippen LogP contribution < -0.4 is 5.32 Å². The summed E-state index contributed by atoms with van der Waals surface area (Å²) in [6.45, 7) is 1.35. The molecule has 5 nitrogen and oxygen atoms in total. The second kappa shape index (κ2) is 6.57. The van der Waals surface area contributed by atoms with Crippen LogP contribution in [-0.4, -0.2) is 30.1 Å². The molecule has 0 saturated carbocycles. The lowest BCUT2D eigenvalue weighted by atomic mass is 10.1. The van der Waals surface area contributed by atoms with E-state index in [9.17, 15) is 27.9 Å². The van der Waals surface area contributed by atoms with Crippen LogP contribution in [0.5, 0.6) is 0 Å². The average molecular weight is 305 g/mol. The van der Waals surface area contributed by atoms with Crippen LogP contribution in [-0.2, 0) is 20.5 Å². The van der Waals surface area contributed by atoms with Crippen molar-refractivity contribution in [2.24, 2.45) is 0 Å². The number of nitrogens with one attached hydrogen (secondary N) is 1. The maximum Gasteiger partial charge on any atom is 0.416 e. The monoisotopic (exact) mass is 305 g/mol. The number of benzene rings is 1. The first-order chi connectivity index (χ1) is 9.66. The first kappa shape index (κ1) is 17.0. The van der Waals surface area contributed by atoms with E-state index < -0.39 is 35.8 Å². The molecule has 1 amide bonds. The molecule has 116 valence electrons. The maximum absolute atomic E-state index is 12.4. The number of carbonyl (C=O) groups excluding carboxylic acids is 2. The Labute approximate surface area is 118 Å². The number of amides is 1. The second-order valence-electron chi connectivity index (χ2n) is 4.28. The highest BCUT2D eigenvalue weighted by molar-refractivity contribution is 5.87. The van der Waals surface area contributed by atoms with Crippen molar-refractivity contribution >= 4 is 11.9 Å². The molecule has 0 spiro atoms. The highest BCUT2D eigenvalue weighted by Gasteiger charge is 2.30. The molecule has 0 aliphatic heterocycles. The second-order valence-corrected chi connectivity index (χ2v) is 4.28. The van der Waals surface area contributed by atoms with Gasteiger partial charge in [-0.1, -0.05) is 12.1 Å². The van der Waals surface area contributed by atoms with E-state index in [1.807, 2.05) is 0 Å². The summed E-state index contributed by atoms with van der Waals surface area (Å²) in [5.74, 6) is -1.62. The molecule has 1 aromatic rings. The number of esters is 1. The molecule has 0 bridgehead atoms. The molecule has 0 radical (unpaired) electrons. The molecule has 8 heteroatoms. The zero-order valence-electron chi connectivity index (χ0n) is 11.3. The summed E-state index contributed by atoms with van der Waals surface area (Å²) in [7, 11) is 1.14. The quantitative estimate of drug-likeness (QED) is 0.825. The van der Waals surface area contributed by atoms with E-state index in [2.05, 4.69) is 10.1 Å². The van der Waals surface area contributed by atoms with E-state index in [0.717, 1.165) is 31.4 Å². The van der Waals surface area contributed by atoms with Crippen molar-refractivity contribution < 1.29 is 32.6 Å². The normalized spacial score (nSPS) is 14.2. The summed E-state index contributed by atoms with van der Waals surface area (Å²) < 4.78 is 41.5. The number of halogens is 3. The highest BCUT2D eigenvalue weighted by atomic mass is 19.4. The number of ether oxygens (including phenoxy) is 1. The molecule has 0 aromatic heterocycles. The fraction of sp³-hybridized carbons (Fsp3) is 0.385. The minimum absolute atomic E-state index is 0.0161. The zero-order valence-corrected chi connectivity index (χ0v) is 11.3. The maximum atomic E-state index is 12.4. The number of carbonyl (C=O) groups is 2. The summed E-state index contributed by atoms with van der Waals surface area (Å²) >= 11 is 0. The largest absolute Gasteiger partial charge is 0.467 e. The number of aliphatic hydroxyl groups excluding tert-OH is 1. The van der Waals surface area contributed by atoms with E-state index in [1.54, 1.807) is 0 Å². The topological polar surface area (TPSA) is 75.6 Å². The summed E-state index contributed by atoms with van der Waals surface area (Å²) in [5.41, 5.74) is -0.903. The first-order valence-corrected chi connectivity index (χ1v) is 5.90. The molecule has 0 fully saturated rings. The van der Waals surface area contributed by atoms with E-state index in [0.29, 0.717) is 0 Å². The van der Waals surface area contributed by atoms with E-state index in [1.165, 1.54) is 6.92 Å². The summed E-state index contributed by atoms with van der Waals surface area (Å²) in [6, 6.07) is 2.53. The van der Waals surface area contributed by atoms with Crippen molar-refractivity contribution in [3.63, 3.8) is 0 Å². The third-order valence-electron chi connectivity index (χ3n) is 2.72. The Bertz CT molecular complexity index is 513. The molecular weight excluding hydrogens is 291 g/mol. The molecule has 2 atom stereocenters. The predicted octanol–water partition coefficient (Wildman–Crippen LogP) is 1.42. The van der Waals surface area contributed by atoms with Crippen molar-refractivity contribution in [2.45, 2.75) is 25.2 Å². The molecule has 0 aliphatic carbocycles. The highest BCUT2D eigenvalue weighted by Crippen LogP contribution is 2.29. The smallest absolute Gasteiger partial charge is 0.416 e. The van der Waals surface area contributed by atoms with Gasteiger partial charge in [0, 0.05) is 0 Å². The molecule has 2 N–H and O–H groups in total. The molecule has 1 rings (SSSR count). The van der Waals surface area contributed by atoms with Gasteiger partial charge in [0.1, 0.15) is 6.04 Å². The third-order valence-corrected chi connectivity index (χ3v) is 2.72. The van der Waals surface area contributed by atoms with Crippen LogP contribution in [0.4, 0.5) is 13.2 Å². The van der Waals surface area contributed by atoms with Gasteiger partial charge in [-0.3, -0.25) is 4.79 Å². The van der Waals surface area contributed by atoms with Gasteiger partial charge in [0.15, 0.2) is 6.10 Å². The molecule has 0 heterocycles. The number of methoxy groups -OCH3 is 1. The van der Waals surface area contributed by atoms with E-state index in [-0.39, 0.29) is 5.56 Å². The van der Waals surface area contributed by atoms with Gasteiger partial charge in [0.2, 0.25) is 0 Å². The van der Waals surface area contributed by atoms with Crippen LogP contribution in [0, 0.1) is 0 Å². The lowest BCUT2D eigenvalue weighted by molar-refractivity contribution is -0.145. The minimum Gasteiger partial charge on any atom is -0.467 e. The number of hydrogen-bond donors (Lipinski definition) is 2. The molecule has 0 aliphatic rings. The van der Waals surface area contributed by atoms with Gasteiger partial charge in [-0.05, 0) is 24.6 Å². The van der Waals surface area contributed by atoms with Crippen LogP contribution >= 0.6 is 0 Å². The van der Waals surface area contributed by atoms with Gasteiger partial charge in [-0.15, -0.1) is 0 Å². The Balaban J connectivity index is 2.77. The zero-order chi connectivity index (χ0) is 16.2. The lowest BCUT2D eigenvalue weighted by Gasteiger charge is -2.16. The summed E-state index contributed by atoms with van der Waals surface area (Å²) in [4.78, 5) is 22.8. The standard InChI is InChI=1S/C13H14F3NO4/c1-7(12(20)21-2)17-11(19)10(18)8-3-5-9(6-4-8)13(14,15)16/h3-7,10,18H,1-2H3,(H,17,19)/t7-,10+/m0/s1. The lowest BCUT2D eigenvalue weighted by Crippen LogP contribution is -2.41. The minimum atomic E-state index is -4.49. The van der Waals surface area contributed by atoms with Gasteiger partial charge in [0.25, 0.3) is 5.91 Å². The van der Waals surface area contributed by atoms with Crippen molar-refractivity contribution in [1.82, 2.24) is 5.32 Å². The molecule has 1 aromatic carbocycles. The van der Waals surface area contributed by atoms with Gasteiger partial charge in [-0.2, -0.15) is 13.2 Å². The van der Waals surface area contributed by atoms with E-state index in [4.69, 9.17) is 0 Å². The number of aliphatic hydroxyl groups is 1. The van der Waals surface area contributed by atoms with Crippen LogP contribution in [0.15, 0.2) is 24.3 Å². The SMILES string of the molecule is COC(=O)[C@H](C)NC(=O)[C@H](O)c1ccc(C(F)(F)F)cc1. The summed E-state index contributed by atoms with van der Waals surface area (Å²) in [5, 5.41) is 11.9. The van der Waals surface area contributed by atoms with Crippen LogP contribution in [0.25, 0.3) is 0 Å². The van der Waals surface area contributed by atoms with Crippen LogP contribution in [0.1, 0.15) is 24.2 Å². The first-order valence-electron chi connectivity index (χ1n) is 5.90. The van der Waals surface area contributed by atoms with Crippen molar-refractivity contribution in [2.75, 3.05) is 7.11 Å². The van der Waals surface area contributed by atoms with E-state index >= 15 is 0 Å². The fourth-order valence-corrected chi connectivity index (χ4v) is 1.53. The Morgan fingerprint density at radius 3 is 2.19 bits per heavy atom. The molecular formula is C13H14F3NO4.